The van der Waals surface area contributed by atoms with Gasteiger partial charge in [-0.05, 0) is 44.9 Å². The molecule has 0 bridgehead atoms. The van der Waals surface area contributed by atoms with Gasteiger partial charge < -0.3 is 42.4 Å². The molecule has 5 N–H and O–H groups in total. The Bertz CT molecular complexity index is 891. The Kier molecular flexibility index (Phi) is 36.6. The first kappa shape index (κ1) is 52.7. The molecule has 0 saturated heterocycles. The summed E-state index contributed by atoms with van der Waals surface area (Å²) in [5.41, 5.74) is 23.1. The van der Waals surface area contributed by atoms with Gasteiger partial charge in [-0.3, -0.25) is 5.73 Å². The number of carbonyl (C=O) groups is 2. The summed E-state index contributed by atoms with van der Waals surface area (Å²) >= 11 is 0. The molecule has 0 aliphatic rings. The zero-order valence-electron chi connectivity index (χ0n) is 19.4. The van der Waals surface area contributed by atoms with Gasteiger partial charge in [-0.15, -0.1) is 9.12 Å². The molecular formula is C18H23FN6O4V2W2Y2-4. The van der Waals surface area contributed by atoms with Crippen LogP contribution >= 0.6 is 0 Å². The van der Waals surface area contributed by atoms with Crippen molar-refractivity contribution in [3.8, 4) is 0 Å². The number of nitrogens with one attached hydrogen (secondary N) is 3. The molecular weight excluding hydrogens is 1030 g/mol. The van der Waals surface area contributed by atoms with E-state index in [0.29, 0.717) is 21.4 Å². The van der Waals surface area contributed by atoms with E-state index in [1.807, 2.05) is 0 Å². The monoisotopic (exact) mass is 1050 g/mol. The van der Waals surface area contributed by atoms with E-state index in [1.165, 1.54) is 13.0 Å². The summed E-state index contributed by atoms with van der Waals surface area (Å²) < 4.78 is 13.6. The fourth-order valence-corrected chi connectivity index (χ4v) is 2.56. The number of carbonyl (C=O) groups excluding carboxylic acids is 2. The summed E-state index contributed by atoms with van der Waals surface area (Å²) in [5, 5.41) is 22.7. The summed E-state index contributed by atoms with van der Waals surface area (Å²) in [6.07, 6.45) is -0.589. The first-order valence-corrected chi connectivity index (χ1v) is 8.18. The van der Waals surface area contributed by atoms with Gasteiger partial charge in [0.25, 0.3) is 0 Å². The summed E-state index contributed by atoms with van der Waals surface area (Å²) in [4.78, 5) is 21.1. The molecule has 2 amide bonds. The first-order chi connectivity index (χ1) is 12.9. The third-order valence-corrected chi connectivity index (χ3v) is 4.00. The average molecular weight is 1050 g/mol. The van der Waals surface area contributed by atoms with Crippen LogP contribution in [0.25, 0.3) is 23.4 Å². The standard InChI is InChI=1S/C9H11FN2O2.C9H12N3O2.H2N.2V.2W.2Y/c1-5-3-6(2)9(10)12(14)7(5)4-8(11)13;1-5-3-6(2)9(11)12(14)7(5)4-8(10)13;;;;;;;/h3H,4H2,1-2H3,(H2,11,13);3,11H,4H2,1-2H3,(H2,10,13);1H2;;;;;;/q;2*-1;;;;;;/p-2. The number of halogens is 1. The zero-order chi connectivity index (χ0) is 21.8. The van der Waals surface area contributed by atoms with Crippen LogP contribution in [0.4, 0.5) is 10.2 Å². The maximum Gasteiger partial charge on any atom is 0.374 e. The minimum Gasteiger partial charge on any atom is -0.804 e. The molecule has 0 aliphatic heterocycles. The second kappa shape index (κ2) is 24.3. The summed E-state index contributed by atoms with van der Waals surface area (Å²) in [6, 6.07) is 3.16. The predicted octanol–water partition coefficient (Wildman–Crippen LogP) is 3.64. The van der Waals surface area contributed by atoms with Crippen molar-refractivity contribution in [1.82, 2.24) is 0 Å². The van der Waals surface area contributed by atoms with Crippen LogP contribution in [0.2, 0.25) is 0 Å². The second-order valence-corrected chi connectivity index (χ2v) is 6.34. The van der Waals surface area contributed by atoms with Crippen LogP contribution in [0, 0.1) is 44.1 Å². The average Bonchev–Trinajstić information content (AvgIpc) is 2.59. The van der Waals surface area contributed by atoms with E-state index in [1.54, 1.807) is 26.8 Å². The number of nitrogens with zero attached hydrogens (tertiary/aromatic N) is 2. The van der Waals surface area contributed by atoms with Gasteiger partial charge in [-0.2, -0.15) is 0 Å². The van der Waals surface area contributed by atoms with Gasteiger partial charge >= 0.3 is 5.95 Å². The third-order valence-electron chi connectivity index (χ3n) is 4.00. The summed E-state index contributed by atoms with van der Waals surface area (Å²) in [5.74, 6) is -2.79. The molecule has 0 saturated carbocycles. The molecule has 0 aromatic carbocycles. The van der Waals surface area contributed by atoms with Crippen molar-refractivity contribution in [3.05, 3.63) is 85.5 Å². The van der Waals surface area contributed by atoms with Crippen LogP contribution in [-0.4, -0.2) is 11.8 Å². The quantitative estimate of drug-likeness (QED) is 0.257. The first-order valence-electron chi connectivity index (χ1n) is 8.18. The molecule has 0 spiro atoms. The number of aromatic nitrogens is 2. The van der Waals surface area contributed by atoms with Gasteiger partial charge in [-0.25, -0.2) is 0 Å². The fraction of sp³-hybridized carbons (Fsp3) is 0.333. The number of aryl methyl sites for hydroxylation is 4. The van der Waals surface area contributed by atoms with E-state index in [9.17, 15) is 24.4 Å². The van der Waals surface area contributed by atoms with Crippen LogP contribution in [0.5, 0.6) is 0 Å². The van der Waals surface area contributed by atoms with Crippen LogP contribution in [0.15, 0.2) is 12.1 Å². The molecule has 17 heteroatoms. The molecule has 2 aromatic rings. The number of amides is 2. The predicted molar refractivity (Wildman–Crippen MR) is 105 cm³/mol. The van der Waals surface area contributed by atoms with Crippen molar-refractivity contribution in [1.29, 1.82) is 0 Å². The van der Waals surface area contributed by atoms with Crippen LogP contribution in [0.3, 0.4) is 0 Å². The van der Waals surface area contributed by atoms with E-state index < -0.39 is 17.8 Å². The van der Waals surface area contributed by atoms with Crippen molar-refractivity contribution < 1.29 is 168 Å². The van der Waals surface area contributed by atoms with E-state index in [0.717, 1.165) is 0 Å². The fourth-order valence-electron chi connectivity index (χ4n) is 2.56. The van der Waals surface area contributed by atoms with Crippen molar-refractivity contribution in [2.75, 3.05) is 0 Å². The Morgan fingerprint density at radius 1 is 0.800 bits per heavy atom. The Labute approximate surface area is 307 Å². The van der Waals surface area contributed by atoms with Crippen LogP contribution in [-0.2, 0) is 167 Å². The Morgan fingerprint density at radius 2 is 1.11 bits per heavy atom. The van der Waals surface area contributed by atoms with Crippen LogP contribution < -0.4 is 9.46 Å². The van der Waals surface area contributed by atoms with E-state index >= 15 is 0 Å². The molecule has 10 nitrogen and oxygen atoms in total. The molecule has 0 unspecified atom stereocenters. The third kappa shape index (κ3) is 16.1. The molecule has 4 radical (unpaired) electrons. The maximum atomic E-state index is 13.1. The number of hydrogen-bond donors (Lipinski definition) is 0. The van der Waals surface area contributed by atoms with Gasteiger partial charge in [0.1, 0.15) is 5.82 Å². The molecule has 0 fully saturated rings. The molecule has 0 atom stereocenters. The minimum atomic E-state index is -0.910. The zero-order valence-corrected chi connectivity index (χ0v) is 33.8. The number of hydrogen-bond acceptors (Lipinski definition) is 4. The van der Waals surface area contributed by atoms with Crippen molar-refractivity contribution in [2.24, 2.45) is 0 Å². The van der Waals surface area contributed by atoms with Gasteiger partial charge in [-0.1, -0.05) is 6.07 Å². The topological polar surface area (TPSA) is 193 Å². The van der Waals surface area contributed by atoms with E-state index in [2.05, 4.69) is 0 Å². The maximum absolute atomic E-state index is 13.1. The molecule has 188 valence electrons. The minimum absolute atomic E-state index is 0. The molecule has 2 aromatic heterocycles. The Hall–Kier alpha value is 1.28. The van der Waals surface area contributed by atoms with Crippen molar-refractivity contribution in [3.63, 3.8) is 0 Å². The molecule has 2 heterocycles. The summed E-state index contributed by atoms with van der Waals surface area (Å²) in [7, 11) is 0. The Morgan fingerprint density at radius 3 is 1.46 bits per heavy atom. The van der Waals surface area contributed by atoms with Gasteiger partial charge in [0.15, 0.2) is 0 Å². The molecule has 0 aliphatic carbocycles. The smallest absolute Gasteiger partial charge is 0.374 e. The largest absolute Gasteiger partial charge is 0.804 e. The van der Waals surface area contributed by atoms with Crippen molar-refractivity contribution in [2.45, 2.75) is 40.5 Å². The van der Waals surface area contributed by atoms with E-state index in [4.69, 9.17) is 17.2 Å². The number of pyridine rings is 2. The Balaban J connectivity index is -0.0000000747. The molecule has 2 rings (SSSR count). The summed E-state index contributed by atoms with van der Waals surface area (Å²) in [6.45, 7) is 6.44. The SMILES string of the molecule is Cc1cc(C)c(CC([NH-])=O)[n+]([O-])c1F.Cc1cc(C)c(CC([NH-])=O)[n+]([O-])c1[NH-].[NH2-].[V].[V].[W].[W].[Y].[Y]. The number of rotatable bonds is 4. The van der Waals surface area contributed by atoms with Crippen molar-refractivity contribution >= 4 is 17.6 Å². The molecule has 35 heavy (non-hydrogen) atoms. The second-order valence-electron chi connectivity index (χ2n) is 6.34. The van der Waals surface area contributed by atoms with E-state index in [-0.39, 0.29) is 191 Å². The number of nitrogens with two attached hydrogens (primary N) is 1. The van der Waals surface area contributed by atoms with Crippen LogP contribution in [0.1, 0.15) is 33.6 Å². The normalized spacial score (nSPS) is 8.14. The van der Waals surface area contributed by atoms with Gasteiger partial charge in [0, 0.05) is 162 Å². The van der Waals surface area contributed by atoms with Gasteiger partial charge in [0.05, 0.1) is 23.8 Å². The van der Waals surface area contributed by atoms with Gasteiger partial charge in [0.2, 0.25) is 5.69 Å².